The molecule has 0 spiro atoms. The number of rotatable bonds is 9. The number of carboxylic acids is 1. The minimum Gasteiger partial charge on any atom is -0.497 e. The number of hydrogen-bond donors (Lipinski definition) is 1. The number of thiazole rings is 1. The van der Waals surface area contributed by atoms with Gasteiger partial charge in [0.15, 0.2) is 6.61 Å². The third-order valence-electron chi connectivity index (χ3n) is 5.35. The molecule has 37 heavy (non-hydrogen) atoms. The summed E-state index contributed by atoms with van der Waals surface area (Å²) < 4.78 is 56.4. The fraction of sp³-hybridized carbons (Fsp3) is 0.185. The number of carbonyl (C=O) groups is 1. The Kier molecular flexibility index (Phi) is 7.68. The fourth-order valence-corrected chi connectivity index (χ4v) is 4.56. The summed E-state index contributed by atoms with van der Waals surface area (Å²) in [5.41, 5.74) is 1.63. The molecule has 4 aromatic rings. The van der Waals surface area contributed by atoms with E-state index in [0.717, 1.165) is 17.7 Å². The average Bonchev–Trinajstić information content (AvgIpc) is 3.31. The minimum atomic E-state index is -4.47. The Hall–Kier alpha value is -4.05. The second-order valence-electron chi connectivity index (χ2n) is 7.99. The van der Waals surface area contributed by atoms with Crippen molar-refractivity contribution in [3.63, 3.8) is 0 Å². The first kappa shape index (κ1) is 26.0. The van der Waals surface area contributed by atoms with Gasteiger partial charge in [-0.1, -0.05) is 12.1 Å². The van der Waals surface area contributed by atoms with Crippen molar-refractivity contribution in [3.8, 4) is 38.9 Å². The maximum Gasteiger partial charge on any atom is 0.416 e. The predicted octanol–water partition coefficient (Wildman–Crippen LogP) is 6.86. The van der Waals surface area contributed by atoms with Gasteiger partial charge in [0.2, 0.25) is 0 Å². The maximum atomic E-state index is 13.4. The van der Waals surface area contributed by atoms with Crippen LogP contribution in [0, 0.1) is 6.92 Å². The summed E-state index contributed by atoms with van der Waals surface area (Å²) in [7, 11) is 1.55. The van der Waals surface area contributed by atoms with Crippen LogP contribution in [0.1, 0.15) is 16.1 Å². The van der Waals surface area contributed by atoms with Crippen molar-refractivity contribution in [1.29, 1.82) is 0 Å². The number of nitrogens with zero attached hydrogens (tertiary/aromatic N) is 1. The molecule has 1 heterocycles. The van der Waals surface area contributed by atoms with Crippen LogP contribution in [-0.4, -0.2) is 29.8 Å². The lowest BCUT2D eigenvalue weighted by atomic mass is 10.0. The number of halogens is 3. The summed E-state index contributed by atoms with van der Waals surface area (Å²) in [5, 5.41) is 9.35. The number of alkyl halides is 3. The van der Waals surface area contributed by atoms with Gasteiger partial charge in [0, 0.05) is 5.56 Å². The summed E-state index contributed by atoms with van der Waals surface area (Å²) in [6.45, 7) is 1.40. The molecule has 1 N–H and O–H groups in total. The van der Waals surface area contributed by atoms with Crippen LogP contribution in [0.3, 0.4) is 0 Å². The predicted molar refractivity (Wildman–Crippen MR) is 133 cm³/mol. The molecular formula is C27H22F3NO5S. The number of benzene rings is 3. The van der Waals surface area contributed by atoms with E-state index in [2.05, 4.69) is 4.98 Å². The van der Waals surface area contributed by atoms with E-state index in [1.165, 1.54) is 17.4 Å². The molecule has 0 aliphatic carbocycles. The highest BCUT2D eigenvalue weighted by Gasteiger charge is 2.31. The first-order chi connectivity index (χ1) is 17.6. The van der Waals surface area contributed by atoms with Gasteiger partial charge in [-0.3, -0.25) is 0 Å². The van der Waals surface area contributed by atoms with Gasteiger partial charge in [0.05, 0.1) is 23.2 Å². The zero-order chi connectivity index (χ0) is 26.6. The normalized spacial score (nSPS) is 11.3. The number of aryl methyl sites for hydroxylation is 1. The van der Waals surface area contributed by atoms with Gasteiger partial charge in [0.1, 0.15) is 28.9 Å². The number of carboxylic acid groups (broad SMARTS) is 1. The van der Waals surface area contributed by atoms with E-state index >= 15 is 0 Å². The topological polar surface area (TPSA) is 77.9 Å². The van der Waals surface area contributed by atoms with Crippen LogP contribution in [0.15, 0.2) is 66.7 Å². The summed E-state index contributed by atoms with van der Waals surface area (Å²) in [4.78, 5) is 16.0. The average molecular weight is 530 g/mol. The van der Waals surface area contributed by atoms with E-state index in [9.17, 15) is 18.0 Å². The quantitative estimate of drug-likeness (QED) is 0.255. The molecule has 3 aromatic carbocycles. The Labute approximate surface area is 214 Å². The Morgan fingerprint density at radius 1 is 0.973 bits per heavy atom. The lowest BCUT2D eigenvalue weighted by Crippen LogP contribution is -2.10. The first-order valence-corrected chi connectivity index (χ1v) is 11.9. The van der Waals surface area contributed by atoms with Crippen LogP contribution >= 0.6 is 11.3 Å². The van der Waals surface area contributed by atoms with E-state index in [0.29, 0.717) is 44.0 Å². The molecule has 0 radical (unpaired) electrons. The molecule has 192 valence electrons. The molecule has 0 unspecified atom stereocenters. The molecule has 1 aromatic heterocycles. The zero-order valence-electron chi connectivity index (χ0n) is 19.8. The monoisotopic (exact) mass is 529 g/mol. The Morgan fingerprint density at radius 2 is 1.70 bits per heavy atom. The molecule has 0 amide bonds. The Balaban J connectivity index is 1.63. The molecule has 6 nitrogen and oxygen atoms in total. The Bertz CT molecular complexity index is 1400. The number of aliphatic carboxylic acids is 1. The molecule has 0 aliphatic rings. The number of ether oxygens (including phenoxy) is 3. The van der Waals surface area contributed by atoms with Gasteiger partial charge in [-0.15, -0.1) is 11.3 Å². The molecule has 10 heteroatoms. The lowest BCUT2D eigenvalue weighted by Gasteiger charge is -2.09. The Morgan fingerprint density at radius 3 is 2.35 bits per heavy atom. The van der Waals surface area contributed by atoms with Gasteiger partial charge in [0.25, 0.3) is 0 Å². The van der Waals surface area contributed by atoms with Crippen molar-refractivity contribution >= 4 is 17.3 Å². The highest BCUT2D eigenvalue weighted by molar-refractivity contribution is 7.15. The van der Waals surface area contributed by atoms with Crippen molar-refractivity contribution in [1.82, 2.24) is 4.98 Å². The lowest BCUT2D eigenvalue weighted by molar-refractivity contribution is -0.139. The third kappa shape index (κ3) is 6.39. The van der Waals surface area contributed by atoms with Crippen LogP contribution in [-0.2, 0) is 17.6 Å². The summed E-state index contributed by atoms with van der Waals surface area (Å²) in [6, 6.07) is 17.3. The second-order valence-corrected chi connectivity index (χ2v) is 9.07. The van der Waals surface area contributed by atoms with Crippen molar-refractivity contribution in [2.45, 2.75) is 19.7 Å². The molecule has 0 bridgehead atoms. The van der Waals surface area contributed by atoms with E-state index < -0.39 is 24.3 Å². The van der Waals surface area contributed by atoms with Crippen LogP contribution in [0.5, 0.6) is 17.2 Å². The smallest absolute Gasteiger partial charge is 0.416 e. The maximum absolute atomic E-state index is 13.4. The SMILES string of the molecule is COc1ccc(-c2nc(COc3ccc(OCC(=O)O)c(C)c3)sc2-c2cccc(C(F)(F)F)c2)cc1. The van der Waals surface area contributed by atoms with Crippen molar-refractivity contribution in [2.75, 3.05) is 13.7 Å². The molecule has 0 saturated heterocycles. The first-order valence-electron chi connectivity index (χ1n) is 11.0. The summed E-state index contributed by atoms with van der Waals surface area (Å²) in [6.07, 6.45) is -4.47. The number of methoxy groups -OCH3 is 1. The van der Waals surface area contributed by atoms with Crippen molar-refractivity contribution in [2.24, 2.45) is 0 Å². The molecule has 0 saturated carbocycles. The molecule has 4 rings (SSSR count). The highest BCUT2D eigenvalue weighted by Crippen LogP contribution is 2.40. The molecular weight excluding hydrogens is 507 g/mol. The van der Waals surface area contributed by atoms with Gasteiger partial charge in [-0.05, 0) is 72.6 Å². The van der Waals surface area contributed by atoms with E-state index in [-0.39, 0.29) is 6.61 Å². The zero-order valence-corrected chi connectivity index (χ0v) is 20.7. The van der Waals surface area contributed by atoms with Gasteiger partial charge in [-0.2, -0.15) is 13.2 Å². The van der Waals surface area contributed by atoms with Crippen LogP contribution in [0.4, 0.5) is 13.2 Å². The van der Waals surface area contributed by atoms with Crippen LogP contribution in [0.25, 0.3) is 21.7 Å². The van der Waals surface area contributed by atoms with Gasteiger partial charge >= 0.3 is 12.1 Å². The standard InChI is InChI=1S/C27H22F3NO5S/c1-16-12-21(10-11-22(16)36-15-24(32)33)35-14-23-31-25(17-6-8-20(34-2)9-7-17)26(37-23)18-4-3-5-19(13-18)27(28,29)30/h3-13H,14-15H2,1-2H3,(H,32,33). The minimum absolute atomic E-state index is 0.0849. The fourth-order valence-electron chi connectivity index (χ4n) is 3.56. The third-order valence-corrected chi connectivity index (χ3v) is 6.42. The summed E-state index contributed by atoms with van der Waals surface area (Å²) >= 11 is 1.25. The van der Waals surface area contributed by atoms with E-state index in [1.807, 2.05) is 0 Å². The van der Waals surface area contributed by atoms with Crippen LogP contribution < -0.4 is 14.2 Å². The summed E-state index contributed by atoms with van der Waals surface area (Å²) in [5.74, 6) is 0.515. The molecule has 0 aliphatic heterocycles. The second kappa shape index (κ2) is 10.9. The largest absolute Gasteiger partial charge is 0.497 e. The van der Waals surface area contributed by atoms with Crippen LogP contribution in [0.2, 0.25) is 0 Å². The van der Waals surface area contributed by atoms with E-state index in [4.69, 9.17) is 19.3 Å². The van der Waals surface area contributed by atoms with Crippen molar-refractivity contribution in [3.05, 3.63) is 82.9 Å². The number of hydrogen-bond acceptors (Lipinski definition) is 6. The molecule has 0 atom stereocenters. The van der Waals surface area contributed by atoms with E-state index in [1.54, 1.807) is 62.6 Å². The van der Waals surface area contributed by atoms with Gasteiger partial charge < -0.3 is 19.3 Å². The molecule has 0 fully saturated rings. The van der Waals surface area contributed by atoms with Crippen molar-refractivity contribution < 1.29 is 37.3 Å². The van der Waals surface area contributed by atoms with Gasteiger partial charge in [-0.25, -0.2) is 9.78 Å². The highest BCUT2D eigenvalue weighted by atomic mass is 32.1. The number of aromatic nitrogens is 1.